The first-order valence-electron chi connectivity index (χ1n) is 14.3. The number of hydrogen-bond acceptors (Lipinski definition) is 5. The molecule has 1 aromatic heterocycles. The topological polar surface area (TPSA) is 161 Å². The SMILES string of the molecule is C=CC1=C(C)[C@@H](CC2=N/C(=C\c3[nH]c(C[C@H]4NC(=O)C(C)=C4C=C)c(C)c3CCC(=O)O)C(CCC(=O)O)=C2C)NC1=O. The van der Waals surface area contributed by atoms with Crippen LogP contribution in [-0.4, -0.2) is 56.7 Å². The van der Waals surface area contributed by atoms with Crippen molar-refractivity contribution in [1.82, 2.24) is 15.6 Å². The molecule has 0 radical (unpaired) electrons. The highest BCUT2D eigenvalue weighted by molar-refractivity contribution is 6.07. The van der Waals surface area contributed by atoms with E-state index in [1.54, 1.807) is 19.1 Å². The maximum atomic E-state index is 12.4. The van der Waals surface area contributed by atoms with E-state index in [1.807, 2.05) is 26.8 Å². The number of carboxylic acid groups (broad SMARTS) is 2. The molecule has 3 aliphatic heterocycles. The maximum Gasteiger partial charge on any atom is 0.303 e. The number of aliphatic imine (C=N–C) groups is 1. The fraction of sp³-hybridized carbons (Fsp3) is 0.364. The van der Waals surface area contributed by atoms with Crippen LogP contribution in [0.5, 0.6) is 0 Å². The number of amides is 2. The molecule has 10 heteroatoms. The number of rotatable bonds is 13. The molecule has 4 rings (SSSR count). The van der Waals surface area contributed by atoms with Crippen molar-refractivity contribution in [1.29, 1.82) is 0 Å². The van der Waals surface area contributed by atoms with Crippen LogP contribution >= 0.6 is 0 Å². The number of carboxylic acids is 2. The number of nitrogens with one attached hydrogen (secondary N) is 3. The molecular formula is C33H38N4O6. The molecule has 0 unspecified atom stereocenters. The van der Waals surface area contributed by atoms with Gasteiger partial charge in [-0.05, 0) is 80.0 Å². The predicted molar refractivity (Wildman–Crippen MR) is 164 cm³/mol. The van der Waals surface area contributed by atoms with Gasteiger partial charge in [-0.2, -0.15) is 0 Å². The second-order valence-electron chi connectivity index (χ2n) is 11.1. The Kier molecular flexibility index (Phi) is 9.18. The summed E-state index contributed by atoms with van der Waals surface area (Å²) < 4.78 is 0. The number of carbonyl (C=O) groups is 4. The number of aliphatic carboxylic acids is 2. The summed E-state index contributed by atoms with van der Waals surface area (Å²) in [4.78, 5) is 56.1. The molecule has 0 aromatic carbocycles. The van der Waals surface area contributed by atoms with E-state index >= 15 is 0 Å². The predicted octanol–water partition coefficient (Wildman–Crippen LogP) is 4.25. The smallest absolute Gasteiger partial charge is 0.303 e. The van der Waals surface area contributed by atoms with Crippen LogP contribution in [0, 0.1) is 6.92 Å². The van der Waals surface area contributed by atoms with Crippen molar-refractivity contribution in [2.75, 3.05) is 0 Å². The Labute approximate surface area is 250 Å². The highest BCUT2D eigenvalue weighted by atomic mass is 16.4. The summed E-state index contributed by atoms with van der Waals surface area (Å²) >= 11 is 0. The fourth-order valence-electron chi connectivity index (χ4n) is 6.02. The van der Waals surface area contributed by atoms with E-state index in [4.69, 9.17) is 4.99 Å². The van der Waals surface area contributed by atoms with Crippen LogP contribution in [0.2, 0.25) is 0 Å². The Morgan fingerprint density at radius 2 is 1.53 bits per heavy atom. The molecule has 0 fully saturated rings. The minimum atomic E-state index is -0.925. The number of aromatic nitrogens is 1. The van der Waals surface area contributed by atoms with Gasteiger partial charge < -0.3 is 25.8 Å². The lowest BCUT2D eigenvalue weighted by Crippen LogP contribution is -2.30. The van der Waals surface area contributed by atoms with E-state index in [9.17, 15) is 29.4 Å². The van der Waals surface area contributed by atoms with Crippen LogP contribution in [0.1, 0.15) is 69.0 Å². The van der Waals surface area contributed by atoms with Crippen molar-refractivity contribution in [2.24, 2.45) is 4.99 Å². The van der Waals surface area contributed by atoms with Gasteiger partial charge in [-0.25, -0.2) is 0 Å². The minimum absolute atomic E-state index is 0.0702. The Morgan fingerprint density at radius 1 is 0.884 bits per heavy atom. The lowest BCUT2D eigenvalue weighted by atomic mass is 9.95. The molecule has 4 heterocycles. The van der Waals surface area contributed by atoms with E-state index in [1.165, 1.54) is 0 Å². The third-order valence-corrected chi connectivity index (χ3v) is 8.61. The monoisotopic (exact) mass is 586 g/mol. The second kappa shape index (κ2) is 12.6. The first kappa shape index (κ1) is 31.2. The highest BCUT2D eigenvalue weighted by Crippen LogP contribution is 2.35. The number of hydrogen-bond donors (Lipinski definition) is 5. The highest BCUT2D eigenvalue weighted by Gasteiger charge is 2.32. The summed E-state index contributed by atoms with van der Waals surface area (Å²) in [7, 11) is 0. The van der Waals surface area contributed by atoms with E-state index in [-0.39, 0.29) is 49.6 Å². The molecule has 10 nitrogen and oxygen atoms in total. The van der Waals surface area contributed by atoms with Gasteiger partial charge in [0.1, 0.15) is 0 Å². The van der Waals surface area contributed by atoms with Crippen LogP contribution in [0.4, 0.5) is 0 Å². The lowest BCUT2D eigenvalue weighted by molar-refractivity contribution is -0.138. The number of carbonyl (C=O) groups excluding carboxylic acids is 2. The van der Waals surface area contributed by atoms with Gasteiger partial charge >= 0.3 is 11.9 Å². The molecule has 1 aromatic rings. The molecular weight excluding hydrogens is 548 g/mol. The maximum absolute atomic E-state index is 12.4. The molecule has 2 amide bonds. The van der Waals surface area contributed by atoms with E-state index in [0.717, 1.165) is 44.8 Å². The molecule has 0 spiro atoms. The average molecular weight is 587 g/mol. The van der Waals surface area contributed by atoms with E-state index < -0.39 is 11.9 Å². The van der Waals surface area contributed by atoms with Gasteiger partial charge in [0.15, 0.2) is 0 Å². The van der Waals surface area contributed by atoms with Crippen molar-refractivity contribution >= 4 is 35.5 Å². The van der Waals surface area contributed by atoms with Gasteiger partial charge in [0, 0.05) is 53.9 Å². The van der Waals surface area contributed by atoms with Gasteiger partial charge in [0.2, 0.25) is 5.91 Å². The largest absolute Gasteiger partial charge is 0.481 e. The van der Waals surface area contributed by atoms with Crippen LogP contribution in [0.15, 0.2) is 69.4 Å². The molecule has 5 N–H and O–H groups in total. The Morgan fingerprint density at radius 3 is 2.14 bits per heavy atom. The summed E-state index contributed by atoms with van der Waals surface area (Å²) in [6, 6.07) is -0.519. The van der Waals surface area contributed by atoms with Gasteiger partial charge in [-0.15, -0.1) is 0 Å². The molecule has 226 valence electrons. The zero-order valence-electron chi connectivity index (χ0n) is 25.0. The second-order valence-corrected chi connectivity index (χ2v) is 11.1. The molecule has 3 aliphatic rings. The molecule has 43 heavy (non-hydrogen) atoms. The van der Waals surface area contributed by atoms with Crippen molar-refractivity contribution in [2.45, 2.75) is 78.3 Å². The molecule has 0 bridgehead atoms. The van der Waals surface area contributed by atoms with Gasteiger partial charge in [-0.1, -0.05) is 25.3 Å². The van der Waals surface area contributed by atoms with Crippen LogP contribution in [0.3, 0.4) is 0 Å². The number of allylic oxidation sites excluding steroid dienone is 2. The fourth-order valence-corrected chi connectivity index (χ4v) is 6.02. The Hall–Kier alpha value is -4.73. The first-order chi connectivity index (χ1) is 20.4. The van der Waals surface area contributed by atoms with Crippen molar-refractivity contribution in [3.8, 4) is 0 Å². The quantitative estimate of drug-likeness (QED) is 0.232. The Bertz CT molecular complexity index is 1600. The number of H-pyrrole nitrogens is 1. The van der Waals surface area contributed by atoms with Gasteiger partial charge in [0.05, 0.1) is 17.8 Å². The number of aromatic amines is 1. The van der Waals surface area contributed by atoms with E-state index in [0.29, 0.717) is 35.4 Å². The third kappa shape index (κ3) is 6.38. The molecule has 2 atom stereocenters. The summed E-state index contributed by atoms with van der Waals surface area (Å²) in [6.07, 6.45) is 6.39. The van der Waals surface area contributed by atoms with Gasteiger partial charge in [0.25, 0.3) is 5.91 Å². The zero-order valence-corrected chi connectivity index (χ0v) is 25.0. The van der Waals surface area contributed by atoms with Gasteiger partial charge in [-0.3, -0.25) is 24.2 Å². The van der Waals surface area contributed by atoms with Crippen molar-refractivity contribution < 1.29 is 29.4 Å². The number of nitrogens with zero attached hydrogens (tertiary/aromatic N) is 1. The molecule has 0 aliphatic carbocycles. The summed E-state index contributed by atoms with van der Waals surface area (Å²) in [5, 5.41) is 24.8. The standard InChI is InChI=1S/C33H38N4O6/c1-7-20-19(6)32(42)37-27(20)14-25-18(5)23(10-12-31(40)41)29(35-25)15-28-22(9-11-30(38)39)17(4)24(34-28)13-26-16(3)21(8-2)33(43)36-26/h7-8,15,26-27,35H,1-2,9-14H2,3-6H3,(H,36,43)(H,37,42)(H,38,39)(H,40,41)/b28-15-/t26-,27-/m1/s1. The van der Waals surface area contributed by atoms with E-state index in [2.05, 4.69) is 28.8 Å². The summed E-state index contributed by atoms with van der Waals surface area (Å²) in [6.45, 7) is 15.1. The summed E-state index contributed by atoms with van der Waals surface area (Å²) in [5.41, 5.74) is 9.16. The average Bonchev–Trinajstić information content (AvgIpc) is 3.59. The summed E-state index contributed by atoms with van der Waals surface area (Å²) in [5.74, 6) is -2.17. The van der Waals surface area contributed by atoms with Crippen LogP contribution < -0.4 is 10.6 Å². The first-order valence-corrected chi connectivity index (χ1v) is 14.3. The molecule has 0 saturated heterocycles. The third-order valence-electron chi connectivity index (χ3n) is 8.61. The normalized spacial score (nSPS) is 21.1. The molecule has 0 saturated carbocycles. The van der Waals surface area contributed by atoms with Crippen LogP contribution in [0.25, 0.3) is 6.08 Å². The minimum Gasteiger partial charge on any atom is -0.481 e. The Balaban J connectivity index is 1.75. The van der Waals surface area contributed by atoms with Crippen LogP contribution in [-0.2, 0) is 32.0 Å². The van der Waals surface area contributed by atoms with Crippen molar-refractivity contribution in [3.05, 3.63) is 87.0 Å². The van der Waals surface area contributed by atoms with Crippen molar-refractivity contribution in [3.63, 3.8) is 0 Å². The zero-order chi connectivity index (χ0) is 31.6. The lowest BCUT2D eigenvalue weighted by Gasteiger charge is -2.13.